The molecule has 0 aliphatic carbocycles. The molecule has 0 bridgehead atoms. The first-order chi connectivity index (χ1) is 4.33. The lowest BCUT2D eigenvalue weighted by molar-refractivity contribution is 0.111. The van der Waals surface area contributed by atoms with Crippen molar-refractivity contribution in [2.45, 2.75) is 0 Å². The molecule has 0 N–H and O–H groups in total. The molecule has 0 unspecified atom stereocenters. The molecule has 3 nitrogen and oxygen atoms in total. The number of nitrogens with zero attached hydrogens (tertiary/aromatic N) is 2. The van der Waals surface area contributed by atoms with Crippen LogP contribution in [-0.2, 0) is 0 Å². The zero-order valence-electron chi connectivity index (χ0n) is 5.03. The highest BCUT2D eigenvalue weighted by molar-refractivity contribution is 5.70. The molecule has 1 aromatic rings. The fourth-order valence-corrected chi connectivity index (χ4v) is 0.334. The predicted molar refractivity (Wildman–Crippen MR) is 27.4 cm³/mol. The van der Waals surface area contributed by atoms with E-state index in [9.17, 15) is 4.79 Å². The van der Waals surface area contributed by atoms with Crippen LogP contribution in [0.4, 0.5) is 0 Å². The Morgan fingerprint density at radius 2 is 2.75 bits per heavy atom. The lowest BCUT2D eigenvalue weighted by Gasteiger charge is -1.80. The van der Waals surface area contributed by atoms with Crippen LogP contribution in [0.25, 0.3) is 0 Å². The largest absolute Gasteiger partial charge is 0.296 e. The molecule has 0 saturated heterocycles. The fourth-order valence-electron chi connectivity index (χ4n) is 0.334. The van der Waals surface area contributed by atoms with Crippen molar-refractivity contribution in [3.8, 4) is 0 Å². The monoisotopic (exact) mass is 109 g/mol. The van der Waals surface area contributed by atoms with E-state index in [-0.39, 0.29) is 11.9 Å². The highest BCUT2D eigenvalue weighted by atomic mass is 16.1. The van der Waals surface area contributed by atoms with Crippen LogP contribution in [-0.4, -0.2) is 16.3 Å². The number of hydrogen-bond donors (Lipinski definition) is 0. The van der Waals surface area contributed by atoms with Gasteiger partial charge in [0.2, 0.25) is 0 Å². The minimum atomic E-state index is 0.0621. The molecule has 8 heavy (non-hydrogen) atoms. The number of carbonyl (C=O) groups excluding carboxylic acids is 1. The number of aldehydes is 1. The maximum Gasteiger partial charge on any atom is 0.168 e. The van der Waals surface area contributed by atoms with Gasteiger partial charge in [-0.3, -0.25) is 4.79 Å². The third-order valence-corrected chi connectivity index (χ3v) is 0.672. The van der Waals surface area contributed by atoms with E-state index in [1.54, 1.807) is 0 Å². The van der Waals surface area contributed by atoms with Gasteiger partial charge in [0.25, 0.3) is 0 Å². The summed E-state index contributed by atoms with van der Waals surface area (Å²) in [6, 6.07) is 1.30. The second-order valence-corrected chi connectivity index (χ2v) is 1.19. The van der Waals surface area contributed by atoms with Crippen molar-refractivity contribution in [3.05, 3.63) is 24.3 Å². The zero-order valence-corrected chi connectivity index (χ0v) is 4.03. The molecule has 40 valence electrons. The lowest BCUT2D eigenvalue weighted by Crippen LogP contribution is -1.83. The first-order valence-electron chi connectivity index (χ1n) is 2.57. The van der Waals surface area contributed by atoms with Gasteiger partial charge in [0.1, 0.15) is 12.0 Å². The molecule has 0 saturated carbocycles. The van der Waals surface area contributed by atoms with Gasteiger partial charge in [0.15, 0.2) is 6.29 Å². The SMILES string of the molecule is [2H]c1cc(C=O)ncn1. The average molecular weight is 109 g/mol. The Morgan fingerprint density at radius 3 is 3.25 bits per heavy atom. The third kappa shape index (κ3) is 0.872. The minimum absolute atomic E-state index is 0.0621. The van der Waals surface area contributed by atoms with Gasteiger partial charge in [-0.15, -0.1) is 0 Å². The van der Waals surface area contributed by atoms with Crippen molar-refractivity contribution in [2.75, 3.05) is 0 Å². The van der Waals surface area contributed by atoms with E-state index in [4.69, 9.17) is 1.37 Å². The minimum Gasteiger partial charge on any atom is -0.296 e. The van der Waals surface area contributed by atoms with Crippen molar-refractivity contribution in [1.82, 2.24) is 9.97 Å². The number of rotatable bonds is 1. The maximum atomic E-state index is 9.99. The molecule has 1 heterocycles. The normalized spacial score (nSPS) is 10.2. The summed E-state index contributed by atoms with van der Waals surface area (Å²) in [6.07, 6.45) is 1.83. The molecule has 0 fully saturated rings. The Kier molecular flexibility index (Phi) is 1.00. The fraction of sp³-hybridized carbons (Fsp3) is 0. The van der Waals surface area contributed by atoms with Crippen LogP contribution >= 0.6 is 0 Å². The molecule has 0 aliphatic heterocycles. The molecule has 0 aliphatic rings. The summed E-state index contributed by atoms with van der Waals surface area (Å²) in [5.41, 5.74) is 0.245. The Labute approximate surface area is 47.8 Å². The quantitative estimate of drug-likeness (QED) is 0.487. The summed E-state index contributed by atoms with van der Waals surface area (Å²) < 4.78 is 6.93. The maximum absolute atomic E-state index is 9.99. The molecule has 0 amide bonds. The standard InChI is InChI=1S/C5H4N2O/c8-3-5-1-2-6-4-7-5/h1-4H/i2D. The summed E-state index contributed by atoms with van der Waals surface area (Å²) in [5.74, 6) is 0. The van der Waals surface area contributed by atoms with E-state index < -0.39 is 0 Å². The van der Waals surface area contributed by atoms with Gasteiger partial charge in [0.05, 0.1) is 1.37 Å². The summed E-state index contributed by atoms with van der Waals surface area (Å²) in [7, 11) is 0. The van der Waals surface area contributed by atoms with Crippen molar-refractivity contribution in [2.24, 2.45) is 0 Å². The Balaban J connectivity index is 3.07. The molecular formula is C5H4N2O. The van der Waals surface area contributed by atoms with Crippen molar-refractivity contribution >= 4 is 6.29 Å². The highest BCUT2D eigenvalue weighted by Crippen LogP contribution is 1.81. The van der Waals surface area contributed by atoms with E-state index in [1.807, 2.05) is 0 Å². The molecule has 1 rings (SSSR count). The second-order valence-electron chi connectivity index (χ2n) is 1.19. The topological polar surface area (TPSA) is 42.9 Å². The summed E-state index contributed by atoms with van der Waals surface area (Å²) in [5, 5.41) is 0. The molecule has 0 radical (unpaired) electrons. The predicted octanol–water partition coefficient (Wildman–Crippen LogP) is 0.289. The zero-order chi connectivity index (χ0) is 6.69. The van der Waals surface area contributed by atoms with E-state index in [0.717, 1.165) is 0 Å². The van der Waals surface area contributed by atoms with Crippen LogP contribution < -0.4 is 0 Å². The van der Waals surface area contributed by atoms with Gasteiger partial charge in [-0.25, -0.2) is 9.97 Å². The lowest BCUT2D eigenvalue weighted by atomic mass is 10.5. The number of aromatic nitrogens is 2. The molecule has 0 spiro atoms. The molecule has 0 atom stereocenters. The van der Waals surface area contributed by atoms with Crippen LogP contribution in [0.5, 0.6) is 0 Å². The van der Waals surface area contributed by atoms with Crippen molar-refractivity contribution in [3.63, 3.8) is 0 Å². The Bertz CT molecular complexity index is 226. The summed E-state index contributed by atoms with van der Waals surface area (Å²) in [6.45, 7) is 0. The Morgan fingerprint density at radius 1 is 1.88 bits per heavy atom. The van der Waals surface area contributed by atoms with Crippen LogP contribution in [0.15, 0.2) is 18.6 Å². The van der Waals surface area contributed by atoms with Gasteiger partial charge in [-0.05, 0) is 6.07 Å². The Hall–Kier alpha value is -1.25. The summed E-state index contributed by atoms with van der Waals surface area (Å²) >= 11 is 0. The van der Waals surface area contributed by atoms with Crippen LogP contribution in [0.1, 0.15) is 11.9 Å². The van der Waals surface area contributed by atoms with Crippen LogP contribution in [0, 0.1) is 0 Å². The molecule has 1 aromatic heterocycles. The number of hydrogen-bond acceptors (Lipinski definition) is 3. The van der Waals surface area contributed by atoms with Crippen molar-refractivity contribution in [1.29, 1.82) is 0 Å². The first-order valence-corrected chi connectivity index (χ1v) is 2.07. The molecule has 3 heteroatoms. The van der Waals surface area contributed by atoms with Gasteiger partial charge in [-0.2, -0.15) is 0 Å². The van der Waals surface area contributed by atoms with Gasteiger partial charge in [0, 0.05) is 6.17 Å². The van der Waals surface area contributed by atoms with Crippen LogP contribution in [0.3, 0.4) is 0 Å². The van der Waals surface area contributed by atoms with Gasteiger partial charge < -0.3 is 0 Å². The highest BCUT2D eigenvalue weighted by Gasteiger charge is 1.82. The van der Waals surface area contributed by atoms with E-state index in [1.165, 1.54) is 12.4 Å². The van der Waals surface area contributed by atoms with Gasteiger partial charge >= 0.3 is 0 Å². The van der Waals surface area contributed by atoms with E-state index in [0.29, 0.717) is 6.29 Å². The van der Waals surface area contributed by atoms with E-state index in [2.05, 4.69) is 9.97 Å². The van der Waals surface area contributed by atoms with Gasteiger partial charge in [-0.1, -0.05) is 0 Å². The third-order valence-electron chi connectivity index (χ3n) is 0.672. The number of carbonyl (C=O) groups is 1. The first kappa shape index (κ1) is 3.72. The molecular weight excluding hydrogens is 104 g/mol. The van der Waals surface area contributed by atoms with Crippen molar-refractivity contribution < 1.29 is 6.17 Å². The van der Waals surface area contributed by atoms with Crippen LogP contribution in [0.2, 0.25) is 0 Å². The average Bonchev–Trinajstić information content (AvgIpc) is 1.88. The van der Waals surface area contributed by atoms with E-state index >= 15 is 0 Å². The smallest absolute Gasteiger partial charge is 0.168 e. The summed E-state index contributed by atoms with van der Waals surface area (Å²) in [4.78, 5) is 17.0. The second kappa shape index (κ2) is 2.16. The molecule has 0 aromatic carbocycles.